The van der Waals surface area contributed by atoms with Gasteiger partial charge in [0.05, 0.1) is 12.2 Å². The van der Waals surface area contributed by atoms with Gasteiger partial charge in [-0.05, 0) is 49.6 Å². The van der Waals surface area contributed by atoms with Crippen LogP contribution in [0.15, 0.2) is 48.5 Å². The summed E-state index contributed by atoms with van der Waals surface area (Å²) >= 11 is 0. The molecule has 4 rings (SSSR count). The molecule has 0 radical (unpaired) electrons. The van der Waals surface area contributed by atoms with Gasteiger partial charge in [0.25, 0.3) is 5.91 Å². The number of phenolic OH excluding ortho intramolecular Hbond substituents is 1. The Morgan fingerprint density at radius 3 is 2.60 bits per heavy atom. The van der Waals surface area contributed by atoms with Crippen LogP contribution in [0, 0.1) is 6.92 Å². The lowest BCUT2D eigenvalue weighted by Gasteiger charge is -2.43. The number of likely N-dealkylation sites (tertiary alicyclic amines) is 1. The van der Waals surface area contributed by atoms with Crippen LogP contribution in [0.25, 0.3) is 0 Å². The van der Waals surface area contributed by atoms with Crippen LogP contribution in [0.3, 0.4) is 0 Å². The highest BCUT2D eigenvalue weighted by Crippen LogP contribution is 2.36. The first kappa shape index (κ1) is 20.2. The summed E-state index contributed by atoms with van der Waals surface area (Å²) in [4.78, 5) is 29.5. The Morgan fingerprint density at radius 1 is 1.17 bits per heavy atom. The second-order valence-corrected chi connectivity index (χ2v) is 8.08. The number of rotatable bonds is 5. The van der Waals surface area contributed by atoms with Gasteiger partial charge in [0.15, 0.2) is 0 Å². The number of nitrogens with one attached hydrogen (secondary N) is 2. The molecule has 2 aromatic rings. The number of nitrogens with zero attached hydrogens (tertiary/aromatic N) is 2. The van der Waals surface area contributed by atoms with E-state index in [-0.39, 0.29) is 17.6 Å². The molecule has 1 spiro atoms. The highest BCUT2D eigenvalue weighted by atomic mass is 16.3. The first-order chi connectivity index (χ1) is 14.5. The number of hydrogen-bond donors (Lipinski definition) is 3. The molecular weight excluding hydrogens is 380 g/mol. The topological polar surface area (TPSA) is 84.9 Å². The molecule has 2 aliphatic rings. The van der Waals surface area contributed by atoms with Gasteiger partial charge in [0.2, 0.25) is 5.91 Å². The van der Waals surface area contributed by atoms with Crippen LogP contribution in [0.4, 0.5) is 5.69 Å². The molecule has 2 heterocycles. The monoisotopic (exact) mass is 408 g/mol. The average Bonchev–Trinajstić information content (AvgIpc) is 3.06. The van der Waals surface area contributed by atoms with Gasteiger partial charge in [-0.2, -0.15) is 0 Å². The van der Waals surface area contributed by atoms with Gasteiger partial charge in [-0.15, -0.1) is 0 Å². The fraction of sp³-hybridized carbons (Fsp3) is 0.391. The van der Waals surface area contributed by atoms with Crippen molar-refractivity contribution in [2.45, 2.75) is 25.3 Å². The van der Waals surface area contributed by atoms with E-state index in [2.05, 4.69) is 20.4 Å². The molecule has 0 aliphatic carbocycles. The smallest absolute Gasteiger partial charge is 0.255 e. The zero-order valence-corrected chi connectivity index (χ0v) is 17.2. The fourth-order valence-electron chi connectivity index (χ4n) is 4.44. The zero-order valence-electron chi connectivity index (χ0n) is 17.2. The Bertz CT molecular complexity index is 923. The van der Waals surface area contributed by atoms with Crippen LogP contribution in [-0.2, 0) is 4.79 Å². The highest BCUT2D eigenvalue weighted by Gasteiger charge is 2.50. The van der Waals surface area contributed by atoms with Crippen LogP contribution < -0.4 is 15.5 Å². The summed E-state index contributed by atoms with van der Waals surface area (Å²) in [6.07, 6.45) is 1.50. The summed E-state index contributed by atoms with van der Waals surface area (Å²) in [5.74, 6) is -0.166. The van der Waals surface area contributed by atoms with E-state index in [0.717, 1.165) is 37.2 Å². The van der Waals surface area contributed by atoms with Crippen molar-refractivity contribution in [1.29, 1.82) is 0 Å². The van der Waals surface area contributed by atoms with Crippen molar-refractivity contribution < 1.29 is 14.7 Å². The Labute approximate surface area is 176 Å². The third-order valence-electron chi connectivity index (χ3n) is 6.20. The summed E-state index contributed by atoms with van der Waals surface area (Å²) < 4.78 is 0. The van der Waals surface area contributed by atoms with E-state index in [0.29, 0.717) is 25.3 Å². The van der Waals surface area contributed by atoms with Gasteiger partial charge in [-0.25, -0.2) is 0 Å². The van der Waals surface area contributed by atoms with Gasteiger partial charge in [-0.3, -0.25) is 9.59 Å². The number of amides is 2. The van der Waals surface area contributed by atoms with Crippen LogP contribution >= 0.6 is 0 Å². The Balaban J connectivity index is 1.31. The molecule has 2 fully saturated rings. The number of phenols is 1. The number of piperidine rings is 1. The number of para-hydroxylation sites is 1. The largest absolute Gasteiger partial charge is 0.507 e. The van der Waals surface area contributed by atoms with Gasteiger partial charge in [0.1, 0.15) is 11.3 Å². The molecule has 7 nitrogen and oxygen atoms in total. The minimum absolute atomic E-state index is 0.000614. The van der Waals surface area contributed by atoms with E-state index in [4.69, 9.17) is 0 Å². The minimum Gasteiger partial charge on any atom is -0.507 e. The van der Waals surface area contributed by atoms with Gasteiger partial charge in [-0.1, -0.05) is 24.3 Å². The maximum absolute atomic E-state index is 12.7. The Kier molecular flexibility index (Phi) is 5.63. The van der Waals surface area contributed by atoms with E-state index in [1.54, 1.807) is 12.1 Å². The molecule has 30 heavy (non-hydrogen) atoms. The molecule has 0 atom stereocenters. The highest BCUT2D eigenvalue weighted by molar-refractivity contribution is 5.97. The Hall–Kier alpha value is -3.06. The van der Waals surface area contributed by atoms with E-state index in [1.165, 1.54) is 0 Å². The van der Waals surface area contributed by atoms with E-state index in [1.807, 2.05) is 43.3 Å². The standard InChI is InChI=1S/C23H28N4O3/c1-17-7-8-19(20(28)15-17)21(29)24-11-14-26-12-9-23(10-13-26)22(30)25-16-27(23)18-5-3-2-4-6-18/h2-8,15,28H,9-14,16H2,1H3,(H,24,29)(H,25,30). The number of anilines is 1. The molecule has 2 amide bonds. The molecule has 0 unspecified atom stereocenters. The van der Waals surface area contributed by atoms with Crippen LogP contribution in [0.1, 0.15) is 28.8 Å². The predicted molar refractivity (Wildman–Crippen MR) is 116 cm³/mol. The molecule has 3 N–H and O–H groups in total. The van der Waals surface area contributed by atoms with Crippen LogP contribution in [0.2, 0.25) is 0 Å². The fourth-order valence-corrected chi connectivity index (χ4v) is 4.44. The SMILES string of the molecule is Cc1ccc(C(=O)NCCN2CCC3(CC2)C(=O)NCN3c2ccccc2)c(O)c1. The third-order valence-corrected chi connectivity index (χ3v) is 6.20. The van der Waals surface area contributed by atoms with Crippen molar-refractivity contribution in [3.05, 3.63) is 59.7 Å². The molecule has 7 heteroatoms. The summed E-state index contributed by atoms with van der Waals surface area (Å²) in [6.45, 7) is 5.20. The van der Waals surface area contributed by atoms with E-state index >= 15 is 0 Å². The zero-order chi connectivity index (χ0) is 21.1. The van der Waals surface area contributed by atoms with Gasteiger partial charge in [0, 0.05) is 31.9 Å². The maximum Gasteiger partial charge on any atom is 0.255 e. The van der Waals surface area contributed by atoms with Crippen molar-refractivity contribution in [2.75, 3.05) is 37.7 Å². The van der Waals surface area contributed by atoms with Crippen LogP contribution in [0.5, 0.6) is 5.75 Å². The Morgan fingerprint density at radius 2 is 1.90 bits per heavy atom. The number of aryl methyl sites for hydroxylation is 1. The van der Waals surface area contributed by atoms with Gasteiger partial charge >= 0.3 is 0 Å². The molecule has 158 valence electrons. The second kappa shape index (κ2) is 8.36. The van der Waals surface area contributed by atoms with Gasteiger partial charge < -0.3 is 25.5 Å². The van der Waals surface area contributed by atoms with Crippen molar-refractivity contribution in [1.82, 2.24) is 15.5 Å². The summed E-state index contributed by atoms with van der Waals surface area (Å²) in [5.41, 5.74) is 1.77. The summed E-state index contributed by atoms with van der Waals surface area (Å²) in [6, 6.07) is 15.1. The van der Waals surface area contributed by atoms with E-state index in [9.17, 15) is 14.7 Å². The average molecular weight is 409 g/mol. The lowest BCUT2D eigenvalue weighted by atomic mass is 9.85. The normalized spacial score (nSPS) is 18.4. The lowest BCUT2D eigenvalue weighted by Crippen LogP contribution is -2.57. The lowest BCUT2D eigenvalue weighted by molar-refractivity contribution is -0.125. The van der Waals surface area contributed by atoms with Crippen LogP contribution in [-0.4, -0.2) is 60.2 Å². The molecule has 0 aromatic heterocycles. The molecule has 0 saturated carbocycles. The minimum atomic E-state index is -0.491. The van der Waals surface area contributed by atoms with Crippen molar-refractivity contribution in [2.24, 2.45) is 0 Å². The number of aromatic hydroxyl groups is 1. The van der Waals surface area contributed by atoms with Crippen molar-refractivity contribution >= 4 is 17.5 Å². The maximum atomic E-state index is 12.7. The molecule has 2 aliphatic heterocycles. The van der Waals surface area contributed by atoms with Crippen molar-refractivity contribution in [3.8, 4) is 5.75 Å². The first-order valence-corrected chi connectivity index (χ1v) is 10.4. The van der Waals surface area contributed by atoms with Crippen molar-refractivity contribution in [3.63, 3.8) is 0 Å². The number of benzene rings is 2. The number of hydrogen-bond acceptors (Lipinski definition) is 5. The molecule has 0 bridgehead atoms. The number of carbonyl (C=O) groups is 2. The number of carbonyl (C=O) groups excluding carboxylic acids is 2. The first-order valence-electron chi connectivity index (χ1n) is 10.4. The van der Waals surface area contributed by atoms with E-state index < -0.39 is 5.54 Å². The summed E-state index contributed by atoms with van der Waals surface area (Å²) in [5, 5.41) is 15.9. The summed E-state index contributed by atoms with van der Waals surface area (Å²) in [7, 11) is 0. The molecular formula is C23H28N4O3. The second-order valence-electron chi connectivity index (χ2n) is 8.08. The third kappa shape index (κ3) is 3.85. The quantitative estimate of drug-likeness (QED) is 0.703. The molecule has 2 saturated heterocycles. The predicted octanol–water partition coefficient (Wildman–Crippen LogP) is 1.86. The molecule has 2 aromatic carbocycles.